The van der Waals surface area contributed by atoms with Crippen molar-refractivity contribution in [3.05, 3.63) is 12.7 Å². The van der Waals surface area contributed by atoms with Gasteiger partial charge in [-0.15, -0.1) is 6.58 Å². The van der Waals surface area contributed by atoms with Gasteiger partial charge in [0.15, 0.2) is 0 Å². The average molecular weight is 300 g/mol. The zero-order valence-electron chi connectivity index (χ0n) is 12.8. The molecule has 5 heteroatoms. The van der Waals surface area contributed by atoms with E-state index in [9.17, 15) is 0 Å². The number of hydrogen-bond acceptors (Lipinski definition) is 5. The van der Waals surface area contributed by atoms with Gasteiger partial charge in [0.2, 0.25) is 0 Å². The molecule has 0 amide bonds. The molecule has 0 aromatic carbocycles. The Bertz CT molecular complexity index is 284. The van der Waals surface area contributed by atoms with E-state index in [0.717, 1.165) is 19.3 Å². The van der Waals surface area contributed by atoms with Crippen LogP contribution in [-0.2, 0) is 23.7 Å². The van der Waals surface area contributed by atoms with Crippen molar-refractivity contribution in [1.82, 2.24) is 0 Å². The first kappa shape index (κ1) is 16.9. The van der Waals surface area contributed by atoms with Crippen LogP contribution in [0.5, 0.6) is 0 Å². The van der Waals surface area contributed by atoms with Crippen molar-refractivity contribution < 1.29 is 23.7 Å². The van der Waals surface area contributed by atoms with Crippen LogP contribution in [0.3, 0.4) is 0 Å². The lowest BCUT2D eigenvalue weighted by Crippen LogP contribution is -2.39. The fraction of sp³-hybridized carbons (Fsp3) is 0.875. The number of fused-ring (bicyclic) bond motifs is 1. The maximum atomic E-state index is 5.97. The first-order chi connectivity index (χ1) is 10.4. The van der Waals surface area contributed by atoms with Crippen molar-refractivity contribution in [3.63, 3.8) is 0 Å². The highest BCUT2D eigenvalue weighted by Gasteiger charge is 2.30. The molecule has 122 valence electrons. The second kappa shape index (κ2) is 10.3. The maximum absolute atomic E-state index is 5.97. The van der Waals surface area contributed by atoms with E-state index in [1.54, 1.807) is 0 Å². The van der Waals surface area contributed by atoms with Crippen LogP contribution in [-0.4, -0.2) is 65.1 Å². The Morgan fingerprint density at radius 2 is 1.19 bits per heavy atom. The summed E-state index contributed by atoms with van der Waals surface area (Å²) in [6, 6.07) is 0. The normalized spacial score (nSPS) is 34.2. The zero-order chi connectivity index (χ0) is 14.8. The molecule has 21 heavy (non-hydrogen) atoms. The third kappa shape index (κ3) is 6.45. The predicted octanol–water partition coefficient (Wildman–Crippen LogP) is 1.81. The van der Waals surface area contributed by atoms with Gasteiger partial charge in [-0.25, -0.2) is 0 Å². The smallest absolute Gasteiger partial charge is 0.0843 e. The minimum atomic E-state index is 0.131. The van der Waals surface area contributed by atoms with E-state index in [4.69, 9.17) is 23.7 Å². The minimum absolute atomic E-state index is 0.131. The Morgan fingerprint density at radius 1 is 0.667 bits per heavy atom. The van der Waals surface area contributed by atoms with E-state index >= 15 is 0 Å². The number of rotatable bonds is 1. The van der Waals surface area contributed by atoms with Crippen molar-refractivity contribution >= 4 is 0 Å². The molecule has 2 rings (SSSR count). The van der Waals surface area contributed by atoms with Gasteiger partial charge in [-0.1, -0.05) is 6.08 Å². The van der Waals surface area contributed by atoms with Gasteiger partial charge in [0.05, 0.1) is 65.1 Å². The van der Waals surface area contributed by atoms with Gasteiger partial charge in [0.1, 0.15) is 0 Å². The molecule has 1 saturated heterocycles. The first-order valence-corrected chi connectivity index (χ1v) is 7.99. The fourth-order valence-electron chi connectivity index (χ4n) is 2.77. The van der Waals surface area contributed by atoms with E-state index in [0.29, 0.717) is 58.8 Å². The molecule has 0 aromatic rings. The van der Waals surface area contributed by atoms with Crippen LogP contribution in [0.1, 0.15) is 19.3 Å². The summed E-state index contributed by atoms with van der Waals surface area (Å²) < 4.78 is 28.3. The molecule has 2 aliphatic rings. The van der Waals surface area contributed by atoms with E-state index in [2.05, 4.69) is 6.58 Å². The van der Waals surface area contributed by atoms with Gasteiger partial charge in [0.25, 0.3) is 0 Å². The highest BCUT2D eigenvalue weighted by atomic mass is 16.6. The fourth-order valence-corrected chi connectivity index (χ4v) is 2.77. The molecule has 0 N–H and O–H groups in total. The molecule has 1 aliphatic heterocycles. The van der Waals surface area contributed by atoms with E-state index in [-0.39, 0.29) is 12.2 Å². The van der Waals surface area contributed by atoms with E-state index in [1.807, 2.05) is 6.08 Å². The van der Waals surface area contributed by atoms with Gasteiger partial charge in [0, 0.05) is 0 Å². The molecule has 1 saturated carbocycles. The highest BCUT2D eigenvalue weighted by Crippen LogP contribution is 2.29. The van der Waals surface area contributed by atoms with Crippen molar-refractivity contribution in [3.8, 4) is 0 Å². The molecule has 3 unspecified atom stereocenters. The maximum Gasteiger partial charge on any atom is 0.0843 e. The van der Waals surface area contributed by atoms with Gasteiger partial charge < -0.3 is 23.7 Å². The SMILES string of the molecule is C=CC1CCC2OCCOCCOCCOCCOC2C1. The van der Waals surface area contributed by atoms with Crippen LogP contribution < -0.4 is 0 Å². The topological polar surface area (TPSA) is 46.2 Å². The molecule has 0 aromatic heterocycles. The standard InChI is InChI=1S/C16H28O5/c1-2-14-3-4-15-16(13-14)21-12-10-19-8-6-17-5-7-18-9-11-20-15/h2,14-16H,1,3-13H2. The van der Waals surface area contributed by atoms with Crippen LogP contribution in [0.2, 0.25) is 0 Å². The quantitative estimate of drug-likeness (QED) is 0.691. The second-order valence-electron chi connectivity index (χ2n) is 5.46. The predicted molar refractivity (Wildman–Crippen MR) is 79.5 cm³/mol. The van der Waals surface area contributed by atoms with Gasteiger partial charge in [-0.05, 0) is 25.2 Å². The summed E-state index contributed by atoms with van der Waals surface area (Å²) in [6.45, 7) is 8.73. The summed E-state index contributed by atoms with van der Waals surface area (Å²) >= 11 is 0. The lowest BCUT2D eigenvalue weighted by Gasteiger charge is -2.34. The molecule has 1 heterocycles. The Morgan fingerprint density at radius 3 is 1.76 bits per heavy atom. The third-order valence-electron chi connectivity index (χ3n) is 3.97. The summed E-state index contributed by atoms with van der Waals surface area (Å²) in [5.41, 5.74) is 0. The summed E-state index contributed by atoms with van der Waals surface area (Å²) in [5, 5.41) is 0. The third-order valence-corrected chi connectivity index (χ3v) is 3.97. The Kier molecular flexibility index (Phi) is 8.29. The van der Waals surface area contributed by atoms with Crippen LogP contribution in [0, 0.1) is 5.92 Å². The van der Waals surface area contributed by atoms with Crippen LogP contribution in [0.15, 0.2) is 12.7 Å². The van der Waals surface area contributed by atoms with Crippen molar-refractivity contribution in [2.45, 2.75) is 31.5 Å². The van der Waals surface area contributed by atoms with Crippen LogP contribution in [0.25, 0.3) is 0 Å². The van der Waals surface area contributed by atoms with Crippen LogP contribution >= 0.6 is 0 Å². The number of ether oxygens (including phenoxy) is 5. The first-order valence-electron chi connectivity index (χ1n) is 7.99. The zero-order valence-corrected chi connectivity index (χ0v) is 12.8. The lowest BCUT2D eigenvalue weighted by molar-refractivity contribution is -0.114. The lowest BCUT2D eigenvalue weighted by atomic mass is 9.85. The molecular formula is C16H28O5. The Hall–Kier alpha value is -0.460. The molecule has 0 spiro atoms. The van der Waals surface area contributed by atoms with Crippen molar-refractivity contribution in [1.29, 1.82) is 0 Å². The minimum Gasteiger partial charge on any atom is -0.377 e. The Labute approximate surface area is 127 Å². The Balaban J connectivity index is 1.81. The molecule has 0 radical (unpaired) electrons. The highest BCUT2D eigenvalue weighted by molar-refractivity contribution is 4.89. The van der Waals surface area contributed by atoms with Crippen molar-refractivity contribution in [2.24, 2.45) is 5.92 Å². The summed E-state index contributed by atoms with van der Waals surface area (Å²) in [4.78, 5) is 0. The van der Waals surface area contributed by atoms with Crippen LogP contribution in [0.4, 0.5) is 0 Å². The molecule has 1 aliphatic carbocycles. The van der Waals surface area contributed by atoms with Gasteiger partial charge in [-0.2, -0.15) is 0 Å². The van der Waals surface area contributed by atoms with E-state index in [1.165, 1.54) is 0 Å². The largest absolute Gasteiger partial charge is 0.377 e. The van der Waals surface area contributed by atoms with E-state index < -0.39 is 0 Å². The van der Waals surface area contributed by atoms with Gasteiger partial charge in [-0.3, -0.25) is 0 Å². The molecular weight excluding hydrogens is 272 g/mol. The average Bonchev–Trinajstić information content (AvgIpc) is 2.52. The second-order valence-corrected chi connectivity index (χ2v) is 5.46. The molecule has 5 nitrogen and oxygen atoms in total. The summed E-state index contributed by atoms with van der Waals surface area (Å²) in [5.74, 6) is 0.530. The molecule has 3 atom stereocenters. The number of allylic oxidation sites excluding steroid dienone is 1. The van der Waals surface area contributed by atoms with Crippen molar-refractivity contribution in [2.75, 3.05) is 52.9 Å². The summed E-state index contributed by atoms with van der Waals surface area (Å²) in [6.07, 6.45) is 5.45. The summed E-state index contributed by atoms with van der Waals surface area (Å²) in [7, 11) is 0. The number of hydrogen-bond donors (Lipinski definition) is 0. The monoisotopic (exact) mass is 300 g/mol. The molecule has 2 fully saturated rings. The van der Waals surface area contributed by atoms with Gasteiger partial charge >= 0.3 is 0 Å². The molecule has 0 bridgehead atoms.